The van der Waals surface area contributed by atoms with Gasteiger partial charge in [-0.2, -0.15) is 10.1 Å². The summed E-state index contributed by atoms with van der Waals surface area (Å²) >= 11 is 0. The van der Waals surface area contributed by atoms with Crippen molar-refractivity contribution in [2.75, 3.05) is 13.1 Å². The van der Waals surface area contributed by atoms with E-state index < -0.39 is 0 Å². The number of carbonyl (C=O) groups is 2. The predicted octanol–water partition coefficient (Wildman–Crippen LogP) is 1.64. The molecule has 0 radical (unpaired) electrons. The number of nitrogens with one attached hydrogen (secondary N) is 1. The van der Waals surface area contributed by atoms with Crippen LogP contribution in [0.5, 0.6) is 0 Å². The van der Waals surface area contributed by atoms with Crippen molar-refractivity contribution in [3.63, 3.8) is 0 Å². The molecule has 1 aliphatic rings. The molecule has 1 fully saturated rings. The van der Waals surface area contributed by atoms with E-state index in [1.54, 1.807) is 22.0 Å². The Hall–Kier alpha value is -3.49. The van der Waals surface area contributed by atoms with Crippen LogP contribution in [0.4, 0.5) is 0 Å². The largest absolute Gasteiger partial charge is 0.347 e. The average Bonchev–Trinajstić information content (AvgIpc) is 3.41. The van der Waals surface area contributed by atoms with E-state index in [0.717, 1.165) is 5.56 Å². The number of rotatable bonds is 5. The van der Waals surface area contributed by atoms with E-state index in [0.29, 0.717) is 43.2 Å². The highest BCUT2D eigenvalue weighted by Crippen LogP contribution is 2.20. The van der Waals surface area contributed by atoms with Gasteiger partial charge < -0.3 is 14.7 Å². The molecule has 1 saturated heterocycles. The van der Waals surface area contributed by atoms with E-state index in [2.05, 4.69) is 20.6 Å². The van der Waals surface area contributed by atoms with E-state index >= 15 is 0 Å². The van der Waals surface area contributed by atoms with Crippen LogP contribution < -0.4 is 5.32 Å². The van der Waals surface area contributed by atoms with Crippen molar-refractivity contribution in [2.24, 2.45) is 13.0 Å². The summed E-state index contributed by atoms with van der Waals surface area (Å²) < 4.78 is 6.85. The molecule has 9 nitrogen and oxygen atoms in total. The van der Waals surface area contributed by atoms with Crippen molar-refractivity contribution in [2.45, 2.75) is 19.4 Å². The molecule has 0 bridgehead atoms. The molecule has 1 N–H and O–H groups in total. The first-order valence-corrected chi connectivity index (χ1v) is 9.54. The van der Waals surface area contributed by atoms with Gasteiger partial charge in [-0.05, 0) is 25.0 Å². The third-order valence-electron chi connectivity index (χ3n) is 5.02. The van der Waals surface area contributed by atoms with Crippen LogP contribution >= 0.6 is 0 Å². The zero-order chi connectivity index (χ0) is 20.2. The normalized spacial score (nSPS) is 14.7. The Morgan fingerprint density at radius 3 is 2.66 bits per heavy atom. The molecule has 1 aliphatic heterocycles. The van der Waals surface area contributed by atoms with Crippen molar-refractivity contribution >= 4 is 11.8 Å². The van der Waals surface area contributed by atoms with Crippen LogP contribution in [0, 0.1) is 5.92 Å². The van der Waals surface area contributed by atoms with Gasteiger partial charge in [0.1, 0.15) is 0 Å². The third-order valence-corrected chi connectivity index (χ3v) is 5.02. The van der Waals surface area contributed by atoms with E-state index in [1.807, 2.05) is 37.4 Å². The van der Waals surface area contributed by atoms with Crippen molar-refractivity contribution < 1.29 is 14.1 Å². The molecule has 2 aromatic heterocycles. The first kappa shape index (κ1) is 18.9. The Bertz CT molecular complexity index is 989. The molecule has 1 aromatic carbocycles. The zero-order valence-electron chi connectivity index (χ0n) is 16.1. The Morgan fingerprint density at radius 2 is 1.97 bits per heavy atom. The zero-order valence-corrected chi connectivity index (χ0v) is 16.1. The molecule has 2 amide bonds. The van der Waals surface area contributed by atoms with Crippen LogP contribution in [-0.4, -0.2) is 49.7 Å². The van der Waals surface area contributed by atoms with Crippen LogP contribution in [-0.2, 0) is 18.4 Å². The van der Waals surface area contributed by atoms with Crippen molar-refractivity contribution in [1.82, 2.24) is 30.1 Å². The monoisotopic (exact) mass is 394 g/mol. The summed E-state index contributed by atoms with van der Waals surface area (Å²) in [6.45, 7) is 1.31. The van der Waals surface area contributed by atoms with Crippen molar-refractivity contribution in [3.8, 4) is 11.4 Å². The third kappa shape index (κ3) is 4.34. The lowest BCUT2D eigenvalue weighted by Crippen LogP contribution is -2.42. The van der Waals surface area contributed by atoms with Gasteiger partial charge in [0.15, 0.2) is 0 Å². The summed E-state index contributed by atoms with van der Waals surface area (Å²) in [4.78, 5) is 31.1. The van der Waals surface area contributed by atoms with Gasteiger partial charge in [-0.25, -0.2) is 0 Å². The molecule has 0 aliphatic carbocycles. The minimum Gasteiger partial charge on any atom is -0.347 e. The molecular formula is C20H22N6O3. The van der Waals surface area contributed by atoms with Gasteiger partial charge in [-0.15, -0.1) is 0 Å². The molecule has 0 unspecified atom stereocenters. The maximum absolute atomic E-state index is 12.5. The maximum atomic E-state index is 12.5. The fourth-order valence-corrected chi connectivity index (χ4v) is 3.40. The Kier molecular flexibility index (Phi) is 5.37. The van der Waals surface area contributed by atoms with Gasteiger partial charge in [0.25, 0.3) is 5.91 Å². The lowest BCUT2D eigenvalue weighted by molar-refractivity contribution is -0.126. The van der Waals surface area contributed by atoms with Gasteiger partial charge in [0, 0.05) is 37.8 Å². The second-order valence-electron chi connectivity index (χ2n) is 7.06. The second-order valence-corrected chi connectivity index (χ2v) is 7.06. The van der Waals surface area contributed by atoms with Gasteiger partial charge in [-0.1, -0.05) is 23.4 Å². The van der Waals surface area contributed by atoms with Crippen LogP contribution in [0.15, 0.2) is 47.2 Å². The SMILES string of the molecule is Cn1cc(-c2noc(CNC(=O)C3CCN(C(=O)c4ccccc4)CC3)n2)cn1. The number of amides is 2. The fourth-order valence-electron chi connectivity index (χ4n) is 3.40. The molecule has 9 heteroatoms. The molecule has 3 aromatic rings. The number of carbonyl (C=O) groups excluding carboxylic acids is 2. The Labute approximate surface area is 167 Å². The number of hydrogen-bond donors (Lipinski definition) is 1. The topological polar surface area (TPSA) is 106 Å². The first-order valence-electron chi connectivity index (χ1n) is 9.54. The average molecular weight is 394 g/mol. The number of piperidine rings is 1. The summed E-state index contributed by atoms with van der Waals surface area (Å²) in [7, 11) is 1.81. The molecule has 0 atom stereocenters. The minimum atomic E-state index is -0.129. The fraction of sp³-hybridized carbons (Fsp3) is 0.350. The van der Waals surface area contributed by atoms with E-state index in [4.69, 9.17) is 4.52 Å². The molecule has 0 saturated carbocycles. The Balaban J connectivity index is 1.26. The van der Waals surface area contributed by atoms with Crippen LogP contribution in [0.1, 0.15) is 29.1 Å². The maximum Gasteiger partial charge on any atom is 0.253 e. The quantitative estimate of drug-likeness (QED) is 0.705. The molecule has 0 spiro atoms. The van der Waals surface area contributed by atoms with E-state index in [9.17, 15) is 9.59 Å². The van der Waals surface area contributed by atoms with Crippen LogP contribution in [0.3, 0.4) is 0 Å². The highest BCUT2D eigenvalue weighted by Gasteiger charge is 2.28. The van der Waals surface area contributed by atoms with Crippen molar-refractivity contribution in [3.05, 3.63) is 54.2 Å². The molecule has 29 heavy (non-hydrogen) atoms. The molecule has 4 rings (SSSR count). The summed E-state index contributed by atoms with van der Waals surface area (Å²) in [5.74, 6) is 0.607. The predicted molar refractivity (Wildman–Crippen MR) is 103 cm³/mol. The number of aromatic nitrogens is 4. The molecule has 150 valence electrons. The molecular weight excluding hydrogens is 372 g/mol. The van der Waals surface area contributed by atoms with E-state index in [1.165, 1.54) is 0 Å². The Morgan fingerprint density at radius 1 is 1.21 bits per heavy atom. The van der Waals surface area contributed by atoms with Gasteiger partial charge >= 0.3 is 0 Å². The smallest absolute Gasteiger partial charge is 0.253 e. The highest BCUT2D eigenvalue weighted by molar-refractivity contribution is 5.94. The van der Waals surface area contributed by atoms with Crippen LogP contribution in [0.2, 0.25) is 0 Å². The molecule has 3 heterocycles. The lowest BCUT2D eigenvalue weighted by atomic mass is 9.95. The number of benzene rings is 1. The summed E-state index contributed by atoms with van der Waals surface area (Å²) in [5.41, 5.74) is 1.43. The van der Waals surface area contributed by atoms with Gasteiger partial charge in [0.05, 0.1) is 18.3 Å². The highest BCUT2D eigenvalue weighted by atomic mass is 16.5. The lowest BCUT2D eigenvalue weighted by Gasteiger charge is -2.31. The van der Waals surface area contributed by atoms with Gasteiger partial charge in [-0.3, -0.25) is 14.3 Å². The summed E-state index contributed by atoms with van der Waals surface area (Å²) in [6, 6.07) is 9.21. The van der Waals surface area contributed by atoms with Crippen molar-refractivity contribution in [1.29, 1.82) is 0 Å². The number of likely N-dealkylation sites (tertiary alicyclic amines) is 1. The van der Waals surface area contributed by atoms with Crippen LogP contribution in [0.25, 0.3) is 11.4 Å². The number of aryl methyl sites for hydroxylation is 1. The second kappa shape index (κ2) is 8.26. The summed E-state index contributed by atoms with van der Waals surface area (Å²) in [6.07, 6.45) is 4.71. The number of hydrogen-bond acceptors (Lipinski definition) is 6. The minimum absolute atomic E-state index is 0.0123. The number of nitrogens with zero attached hydrogens (tertiary/aromatic N) is 5. The first-order chi connectivity index (χ1) is 14.1. The van der Waals surface area contributed by atoms with E-state index in [-0.39, 0.29) is 24.3 Å². The van der Waals surface area contributed by atoms with Gasteiger partial charge in [0.2, 0.25) is 17.6 Å². The standard InChI is InChI=1S/C20H22N6O3/c1-25-13-16(11-22-25)18-23-17(29-24-18)12-21-19(27)14-7-9-26(10-8-14)20(28)15-5-3-2-4-6-15/h2-6,11,13-14H,7-10,12H2,1H3,(H,21,27). The summed E-state index contributed by atoms with van der Waals surface area (Å²) in [5, 5.41) is 10.8.